The van der Waals surface area contributed by atoms with Crippen molar-refractivity contribution in [3.8, 4) is 0 Å². The summed E-state index contributed by atoms with van der Waals surface area (Å²) in [6.45, 7) is 5.95. The van der Waals surface area contributed by atoms with Gasteiger partial charge in [0.25, 0.3) is 0 Å². The summed E-state index contributed by atoms with van der Waals surface area (Å²) in [5.74, 6) is 2.08. The van der Waals surface area contributed by atoms with E-state index in [1.54, 1.807) is 13.4 Å². The van der Waals surface area contributed by atoms with Crippen LogP contribution in [0.5, 0.6) is 0 Å². The van der Waals surface area contributed by atoms with Crippen LogP contribution in [-0.2, 0) is 0 Å². The zero-order chi connectivity index (χ0) is 8.27. The molecule has 1 aliphatic heterocycles. The lowest BCUT2D eigenvalue weighted by atomic mass is 10.4. The normalized spacial score (nSPS) is 19.3. The summed E-state index contributed by atoms with van der Waals surface area (Å²) in [7, 11) is 2.91. The Labute approximate surface area is 68.7 Å². The summed E-state index contributed by atoms with van der Waals surface area (Å²) in [4.78, 5) is 5.93. The van der Waals surface area contributed by atoms with Gasteiger partial charge in [0.1, 0.15) is 0 Å². The van der Waals surface area contributed by atoms with Gasteiger partial charge >= 0.3 is 0 Å². The second-order valence-electron chi connectivity index (χ2n) is 2.25. The smallest absolute Gasteiger partial charge is 0.0936 e. The Kier molecular flexibility index (Phi) is 2.61. The molecule has 3 heteroatoms. The minimum atomic E-state index is 1.05. The van der Waals surface area contributed by atoms with Crippen LogP contribution >= 0.6 is 8.20 Å². The van der Waals surface area contributed by atoms with Crippen molar-refractivity contribution >= 4 is 20.3 Å². The average Bonchev–Trinajstić information content (AvgIpc) is 1.97. The molecule has 0 unspecified atom stereocenters. The van der Waals surface area contributed by atoms with Gasteiger partial charge in [0.05, 0.1) is 11.8 Å². The van der Waals surface area contributed by atoms with Crippen molar-refractivity contribution in [2.24, 2.45) is 4.99 Å². The van der Waals surface area contributed by atoms with Crippen LogP contribution in [0.4, 0.5) is 0 Å². The molecule has 0 saturated carbocycles. The second-order valence-corrected chi connectivity index (χ2v) is 3.32. The molecule has 0 bridgehead atoms. The predicted molar refractivity (Wildman–Crippen MR) is 52.1 cm³/mol. The maximum absolute atomic E-state index is 3.94. The lowest BCUT2D eigenvalue weighted by Gasteiger charge is -2.21. The fourth-order valence-electron chi connectivity index (χ4n) is 0.850. The van der Waals surface area contributed by atoms with Crippen LogP contribution in [0, 0.1) is 0 Å². The molecular formula is C8H11N2P. The Morgan fingerprint density at radius 1 is 1.73 bits per heavy atom. The van der Waals surface area contributed by atoms with Gasteiger partial charge in [0.15, 0.2) is 0 Å². The average molecular weight is 166 g/mol. The van der Waals surface area contributed by atoms with E-state index in [2.05, 4.69) is 23.4 Å². The van der Waals surface area contributed by atoms with Gasteiger partial charge in [0.2, 0.25) is 0 Å². The molecule has 0 spiro atoms. The molecule has 2 nitrogen and oxygen atoms in total. The predicted octanol–water partition coefficient (Wildman–Crippen LogP) is 2.08. The molecule has 0 aromatic rings. The maximum Gasteiger partial charge on any atom is 0.0936 e. The largest absolute Gasteiger partial charge is 0.302 e. The third-order valence-electron chi connectivity index (χ3n) is 1.43. The van der Waals surface area contributed by atoms with Crippen molar-refractivity contribution in [3.05, 3.63) is 23.8 Å². The quantitative estimate of drug-likeness (QED) is 0.331. The Bertz CT molecular complexity index is 251. The highest BCUT2D eigenvalue weighted by Gasteiger charge is 2.06. The lowest BCUT2D eigenvalue weighted by molar-refractivity contribution is 0.695. The maximum atomic E-state index is 3.94. The van der Waals surface area contributed by atoms with E-state index in [1.165, 1.54) is 5.70 Å². The summed E-state index contributed by atoms with van der Waals surface area (Å²) in [5, 5.41) is 0. The van der Waals surface area contributed by atoms with E-state index in [0.29, 0.717) is 0 Å². The first kappa shape index (κ1) is 8.22. The molecule has 11 heavy (non-hydrogen) atoms. The van der Waals surface area contributed by atoms with Gasteiger partial charge in [-0.1, -0.05) is 6.58 Å². The topological polar surface area (TPSA) is 15.6 Å². The van der Waals surface area contributed by atoms with E-state index >= 15 is 0 Å². The molecule has 0 saturated heterocycles. The fraction of sp³-hybridized carbons (Fsp3) is 0.250. The first-order valence-electron chi connectivity index (χ1n) is 3.37. The van der Waals surface area contributed by atoms with Gasteiger partial charge in [-0.2, -0.15) is 0 Å². The molecule has 0 fully saturated rings. The van der Waals surface area contributed by atoms with E-state index in [4.69, 9.17) is 0 Å². The minimum Gasteiger partial charge on any atom is -0.302 e. The molecule has 0 radical (unpaired) electrons. The molecule has 0 amide bonds. The van der Waals surface area contributed by atoms with Crippen molar-refractivity contribution < 1.29 is 0 Å². The summed E-state index contributed by atoms with van der Waals surface area (Å²) in [5.41, 5.74) is 2.22. The van der Waals surface area contributed by atoms with Crippen molar-refractivity contribution in [1.29, 1.82) is 0 Å². The molecule has 0 aliphatic carbocycles. The third kappa shape index (κ3) is 1.78. The summed E-state index contributed by atoms with van der Waals surface area (Å²) >= 11 is 0. The standard InChI is InChI=1S/C8H11N2P/c1-7-4-5-11-8(2)10(7)6-9-3/h4-6H,2H2,1,3H3/b9-6-. The summed E-state index contributed by atoms with van der Waals surface area (Å²) < 4.78 is 0. The molecular weight excluding hydrogens is 155 g/mol. The Morgan fingerprint density at radius 3 is 3.00 bits per heavy atom. The van der Waals surface area contributed by atoms with Gasteiger partial charge in [-0.3, -0.25) is 4.99 Å². The molecule has 1 aliphatic rings. The van der Waals surface area contributed by atoms with Crippen LogP contribution in [0.15, 0.2) is 28.8 Å². The molecule has 58 valence electrons. The molecule has 0 aromatic heterocycles. The highest BCUT2D eigenvalue weighted by Crippen LogP contribution is 2.22. The summed E-state index contributed by atoms with van der Waals surface area (Å²) in [6.07, 6.45) is 3.85. The van der Waals surface area contributed by atoms with E-state index in [1.807, 2.05) is 11.8 Å². The molecule has 0 aromatic carbocycles. The minimum absolute atomic E-state index is 1.05. The molecule has 1 heterocycles. The van der Waals surface area contributed by atoms with Gasteiger partial charge < -0.3 is 4.90 Å². The number of hydrogen-bond acceptors (Lipinski definition) is 1. The van der Waals surface area contributed by atoms with Gasteiger partial charge in [-0.15, -0.1) is 0 Å². The van der Waals surface area contributed by atoms with Crippen LogP contribution in [0.25, 0.3) is 0 Å². The van der Waals surface area contributed by atoms with Gasteiger partial charge in [-0.25, -0.2) is 0 Å². The van der Waals surface area contributed by atoms with Crippen LogP contribution in [0.3, 0.4) is 0 Å². The monoisotopic (exact) mass is 166 g/mol. The van der Waals surface area contributed by atoms with E-state index in [0.717, 1.165) is 13.6 Å². The zero-order valence-electron chi connectivity index (χ0n) is 6.78. The third-order valence-corrected chi connectivity index (χ3v) is 2.24. The number of rotatable bonds is 1. The van der Waals surface area contributed by atoms with Crippen molar-refractivity contribution in [1.82, 2.24) is 4.90 Å². The SMILES string of the molecule is C=C1P=CC=C(C)N1/C=N\C. The van der Waals surface area contributed by atoms with Gasteiger partial charge in [0, 0.05) is 12.7 Å². The van der Waals surface area contributed by atoms with E-state index in [-0.39, 0.29) is 0 Å². The Morgan fingerprint density at radius 2 is 2.45 bits per heavy atom. The highest BCUT2D eigenvalue weighted by molar-refractivity contribution is 7.43. The zero-order valence-corrected chi connectivity index (χ0v) is 7.68. The lowest BCUT2D eigenvalue weighted by Crippen LogP contribution is -2.17. The van der Waals surface area contributed by atoms with Crippen molar-refractivity contribution in [2.45, 2.75) is 6.92 Å². The number of allylic oxidation sites excluding steroid dienone is 2. The molecule has 0 N–H and O–H groups in total. The van der Waals surface area contributed by atoms with Crippen LogP contribution in [0.1, 0.15) is 6.92 Å². The van der Waals surface area contributed by atoms with Crippen LogP contribution in [0.2, 0.25) is 0 Å². The van der Waals surface area contributed by atoms with Crippen molar-refractivity contribution in [3.63, 3.8) is 0 Å². The van der Waals surface area contributed by atoms with Crippen LogP contribution in [-0.4, -0.2) is 24.1 Å². The molecule has 0 atom stereocenters. The molecule has 1 rings (SSSR count). The summed E-state index contributed by atoms with van der Waals surface area (Å²) in [6, 6.07) is 0. The van der Waals surface area contributed by atoms with E-state index in [9.17, 15) is 0 Å². The Balaban J connectivity index is 2.86. The number of hydrogen-bond donors (Lipinski definition) is 0. The Hall–Kier alpha value is -0.880. The number of aliphatic imine (C=N–C) groups is 1. The number of nitrogens with zero attached hydrogens (tertiary/aromatic N) is 2. The second kappa shape index (κ2) is 3.49. The van der Waals surface area contributed by atoms with Gasteiger partial charge in [-0.05, 0) is 27.0 Å². The van der Waals surface area contributed by atoms with E-state index < -0.39 is 0 Å². The fourth-order valence-corrected chi connectivity index (χ4v) is 1.65. The first-order chi connectivity index (χ1) is 5.25. The van der Waals surface area contributed by atoms with Crippen molar-refractivity contribution in [2.75, 3.05) is 7.05 Å². The van der Waals surface area contributed by atoms with Crippen LogP contribution < -0.4 is 0 Å². The highest BCUT2D eigenvalue weighted by atomic mass is 31.1. The first-order valence-corrected chi connectivity index (χ1v) is 4.33.